The van der Waals surface area contributed by atoms with Crippen LogP contribution >= 0.6 is 0 Å². The van der Waals surface area contributed by atoms with Crippen molar-refractivity contribution in [1.82, 2.24) is 19.7 Å². The quantitative estimate of drug-likeness (QED) is 0.699. The van der Waals surface area contributed by atoms with Gasteiger partial charge >= 0.3 is 0 Å². The van der Waals surface area contributed by atoms with Crippen molar-refractivity contribution in [2.75, 3.05) is 13.7 Å². The van der Waals surface area contributed by atoms with Crippen LogP contribution < -0.4 is 0 Å². The van der Waals surface area contributed by atoms with Crippen LogP contribution in [0.15, 0.2) is 35.1 Å². The van der Waals surface area contributed by atoms with E-state index in [1.807, 2.05) is 35.2 Å². The second-order valence-corrected chi connectivity index (χ2v) is 5.90. The lowest BCUT2D eigenvalue weighted by Gasteiger charge is -2.07. The van der Waals surface area contributed by atoms with E-state index in [-0.39, 0.29) is 5.41 Å². The summed E-state index contributed by atoms with van der Waals surface area (Å²) in [5, 5.41) is 4.14. The summed E-state index contributed by atoms with van der Waals surface area (Å²) in [6.07, 6.45) is 4.97. The van der Waals surface area contributed by atoms with Gasteiger partial charge in [-0.2, -0.15) is 4.98 Å². The number of rotatable bonds is 6. The van der Waals surface area contributed by atoms with Crippen LogP contribution in [0.25, 0.3) is 11.0 Å². The summed E-state index contributed by atoms with van der Waals surface area (Å²) >= 11 is 0. The highest BCUT2D eigenvalue weighted by atomic mass is 16.5. The molecule has 4 rings (SSSR count). The zero-order valence-electron chi connectivity index (χ0n) is 12.5. The SMILES string of the molecule is COCCC1(c2nc(Cn3cnc4ccccc43)no2)CC1. The Morgan fingerprint density at radius 3 is 3.00 bits per heavy atom. The fourth-order valence-electron chi connectivity index (χ4n) is 2.84. The first kappa shape index (κ1) is 13.5. The number of methoxy groups -OCH3 is 1. The summed E-state index contributed by atoms with van der Waals surface area (Å²) in [7, 11) is 1.72. The molecule has 0 amide bonds. The number of hydrogen-bond acceptors (Lipinski definition) is 5. The van der Waals surface area contributed by atoms with Crippen LogP contribution in [0.2, 0.25) is 0 Å². The number of nitrogens with zero attached hydrogens (tertiary/aromatic N) is 4. The molecule has 114 valence electrons. The van der Waals surface area contributed by atoms with Gasteiger partial charge in [0.25, 0.3) is 0 Å². The molecule has 0 radical (unpaired) electrons. The highest BCUT2D eigenvalue weighted by Crippen LogP contribution is 2.50. The van der Waals surface area contributed by atoms with Gasteiger partial charge in [0.05, 0.1) is 29.3 Å². The minimum atomic E-state index is 0.0538. The van der Waals surface area contributed by atoms with E-state index < -0.39 is 0 Å². The van der Waals surface area contributed by atoms with E-state index in [0.29, 0.717) is 12.4 Å². The summed E-state index contributed by atoms with van der Waals surface area (Å²) in [5.41, 5.74) is 2.11. The number of imidazole rings is 1. The summed E-state index contributed by atoms with van der Waals surface area (Å²) in [5.74, 6) is 1.45. The summed E-state index contributed by atoms with van der Waals surface area (Å²) < 4.78 is 12.7. The lowest BCUT2D eigenvalue weighted by molar-refractivity contribution is 0.177. The number of hydrogen-bond donors (Lipinski definition) is 0. The van der Waals surface area contributed by atoms with Crippen molar-refractivity contribution in [3.8, 4) is 0 Å². The minimum absolute atomic E-state index is 0.0538. The molecule has 22 heavy (non-hydrogen) atoms. The van der Waals surface area contributed by atoms with Crippen molar-refractivity contribution >= 4 is 11.0 Å². The normalized spacial score (nSPS) is 16.2. The molecule has 2 heterocycles. The minimum Gasteiger partial charge on any atom is -0.385 e. The molecule has 0 spiro atoms. The second-order valence-electron chi connectivity index (χ2n) is 5.90. The molecule has 1 aliphatic rings. The number of benzene rings is 1. The maximum absolute atomic E-state index is 5.50. The first-order valence-electron chi connectivity index (χ1n) is 7.53. The van der Waals surface area contributed by atoms with Crippen LogP contribution in [0.1, 0.15) is 31.0 Å². The molecule has 1 fully saturated rings. The summed E-state index contributed by atoms with van der Waals surface area (Å²) in [4.78, 5) is 8.98. The molecule has 1 aliphatic carbocycles. The van der Waals surface area contributed by atoms with Gasteiger partial charge in [-0.15, -0.1) is 0 Å². The molecule has 0 aliphatic heterocycles. The Morgan fingerprint density at radius 2 is 2.18 bits per heavy atom. The third-order valence-corrected chi connectivity index (χ3v) is 4.40. The molecule has 2 aromatic heterocycles. The predicted molar refractivity (Wildman–Crippen MR) is 80.5 cm³/mol. The van der Waals surface area contributed by atoms with Gasteiger partial charge in [-0.25, -0.2) is 4.98 Å². The summed E-state index contributed by atoms with van der Waals surface area (Å²) in [6, 6.07) is 8.03. The van der Waals surface area contributed by atoms with Crippen molar-refractivity contribution in [1.29, 1.82) is 0 Å². The molecule has 1 saturated carbocycles. The Kier molecular flexibility index (Phi) is 3.18. The zero-order valence-corrected chi connectivity index (χ0v) is 12.5. The molecule has 3 aromatic rings. The number of ether oxygens (including phenoxy) is 1. The number of fused-ring (bicyclic) bond motifs is 1. The molecule has 0 saturated heterocycles. The lowest BCUT2D eigenvalue weighted by Crippen LogP contribution is -2.10. The molecule has 1 aromatic carbocycles. The average molecular weight is 298 g/mol. The molecule has 0 bridgehead atoms. The van der Waals surface area contributed by atoms with Gasteiger partial charge < -0.3 is 13.8 Å². The van der Waals surface area contributed by atoms with Crippen LogP contribution in [0.3, 0.4) is 0 Å². The van der Waals surface area contributed by atoms with Gasteiger partial charge in [0.1, 0.15) is 0 Å². The molecule has 6 nitrogen and oxygen atoms in total. The van der Waals surface area contributed by atoms with Crippen LogP contribution in [0.5, 0.6) is 0 Å². The average Bonchev–Trinajstić information content (AvgIpc) is 3.01. The third-order valence-electron chi connectivity index (χ3n) is 4.40. The van der Waals surface area contributed by atoms with Crippen molar-refractivity contribution in [2.45, 2.75) is 31.2 Å². The van der Waals surface area contributed by atoms with Gasteiger partial charge in [-0.05, 0) is 31.4 Å². The zero-order chi connectivity index (χ0) is 15.0. The largest absolute Gasteiger partial charge is 0.385 e. The number of para-hydroxylation sites is 2. The van der Waals surface area contributed by atoms with Crippen LogP contribution in [0.4, 0.5) is 0 Å². The molecular weight excluding hydrogens is 280 g/mol. The standard InChI is InChI=1S/C16H18N4O2/c1-21-9-8-16(6-7-16)15-18-14(19-22-15)10-20-11-17-12-4-2-3-5-13(12)20/h2-5,11H,6-10H2,1H3. The first-order valence-corrected chi connectivity index (χ1v) is 7.53. The highest BCUT2D eigenvalue weighted by molar-refractivity contribution is 5.74. The van der Waals surface area contributed by atoms with Crippen LogP contribution in [0, 0.1) is 0 Å². The van der Waals surface area contributed by atoms with E-state index in [1.165, 1.54) is 0 Å². The van der Waals surface area contributed by atoms with Crippen LogP contribution in [-0.2, 0) is 16.7 Å². The molecule has 0 unspecified atom stereocenters. The van der Waals surface area contributed by atoms with Crippen molar-refractivity contribution < 1.29 is 9.26 Å². The van der Waals surface area contributed by atoms with Crippen molar-refractivity contribution in [3.63, 3.8) is 0 Å². The van der Waals surface area contributed by atoms with Gasteiger partial charge in [0.15, 0.2) is 5.82 Å². The Morgan fingerprint density at radius 1 is 1.32 bits per heavy atom. The van der Waals surface area contributed by atoms with E-state index in [1.54, 1.807) is 7.11 Å². The third kappa shape index (κ3) is 2.29. The topological polar surface area (TPSA) is 66.0 Å². The van der Waals surface area contributed by atoms with Gasteiger partial charge in [-0.3, -0.25) is 0 Å². The Labute approximate surface area is 128 Å². The van der Waals surface area contributed by atoms with Crippen LogP contribution in [-0.4, -0.2) is 33.4 Å². The van der Waals surface area contributed by atoms with Crippen molar-refractivity contribution in [2.24, 2.45) is 0 Å². The maximum Gasteiger partial charge on any atom is 0.233 e. The molecule has 6 heteroatoms. The van der Waals surface area contributed by atoms with Gasteiger partial charge in [0, 0.05) is 13.7 Å². The lowest BCUT2D eigenvalue weighted by atomic mass is 10.0. The molecule has 0 atom stereocenters. The summed E-state index contributed by atoms with van der Waals surface area (Å²) in [6.45, 7) is 1.30. The predicted octanol–water partition coefficient (Wildman–Crippen LogP) is 2.54. The number of aromatic nitrogens is 4. The molecule has 0 N–H and O–H groups in total. The fraction of sp³-hybridized carbons (Fsp3) is 0.438. The first-order chi connectivity index (χ1) is 10.8. The highest BCUT2D eigenvalue weighted by Gasteiger charge is 2.48. The second kappa shape index (κ2) is 5.21. The molecular formula is C16H18N4O2. The van der Waals surface area contributed by atoms with E-state index in [9.17, 15) is 0 Å². The van der Waals surface area contributed by atoms with E-state index >= 15 is 0 Å². The Balaban J connectivity index is 1.55. The van der Waals surface area contributed by atoms with E-state index in [0.717, 1.165) is 42.8 Å². The van der Waals surface area contributed by atoms with Gasteiger partial charge in [-0.1, -0.05) is 17.3 Å². The monoisotopic (exact) mass is 298 g/mol. The van der Waals surface area contributed by atoms with E-state index in [2.05, 4.69) is 15.1 Å². The smallest absolute Gasteiger partial charge is 0.233 e. The fourth-order valence-corrected chi connectivity index (χ4v) is 2.84. The van der Waals surface area contributed by atoms with Crippen molar-refractivity contribution in [3.05, 3.63) is 42.3 Å². The van der Waals surface area contributed by atoms with Gasteiger partial charge in [0.2, 0.25) is 5.89 Å². The Hall–Kier alpha value is -2.21. The van der Waals surface area contributed by atoms with E-state index in [4.69, 9.17) is 9.26 Å². The maximum atomic E-state index is 5.50. The Bertz CT molecular complexity index is 788.